The first-order valence-corrected chi connectivity index (χ1v) is 9.93. The van der Waals surface area contributed by atoms with E-state index in [1.165, 1.54) is 23.1 Å². The summed E-state index contributed by atoms with van der Waals surface area (Å²) in [5, 5.41) is 6.89. The van der Waals surface area contributed by atoms with Crippen molar-refractivity contribution >= 4 is 34.3 Å². The normalized spacial score (nSPS) is 10.6. The third kappa shape index (κ3) is 4.72. The Morgan fingerprint density at radius 3 is 2.86 bits per heavy atom. The number of rotatable bonds is 6. The van der Waals surface area contributed by atoms with Crippen molar-refractivity contribution in [1.29, 1.82) is 0 Å². The van der Waals surface area contributed by atoms with Crippen LogP contribution in [0.4, 0.5) is 9.93 Å². The molecule has 0 bridgehead atoms. The maximum Gasteiger partial charge on any atom is 0.321 e. The van der Waals surface area contributed by atoms with E-state index in [9.17, 15) is 4.79 Å². The van der Waals surface area contributed by atoms with E-state index in [2.05, 4.69) is 35.6 Å². The summed E-state index contributed by atoms with van der Waals surface area (Å²) in [7, 11) is 0. The molecule has 0 spiro atoms. The van der Waals surface area contributed by atoms with Gasteiger partial charge >= 0.3 is 6.03 Å². The third-order valence-corrected chi connectivity index (χ3v) is 5.53. The SMILES string of the molecule is O=C(NCc1ncc(-c2cccnc2)[nH]1)Nc1ncc(Sc2ccccn2)s1. The minimum absolute atomic E-state index is 0.271. The Kier molecular flexibility index (Phi) is 5.59. The van der Waals surface area contributed by atoms with Crippen LogP contribution in [-0.2, 0) is 6.54 Å². The zero-order chi connectivity index (χ0) is 19.2. The average molecular weight is 410 g/mol. The van der Waals surface area contributed by atoms with Gasteiger partial charge in [-0.1, -0.05) is 29.2 Å². The molecule has 3 N–H and O–H groups in total. The number of amides is 2. The Morgan fingerprint density at radius 2 is 2.04 bits per heavy atom. The molecule has 4 aromatic heterocycles. The minimum atomic E-state index is -0.344. The van der Waals surface area contributed by atoms with Crippen molar-refractivity contribution in [1.82, 2.24) is 30.2 Å². The number of anilines is 1. The highest BCUT2D eigenvalue weighted by atomic mass is 32.2. The number of nitrogens with one attached hydrogen (secondary N) is 3. The standard InChI is InChI=1S/C18H15N7OS2/c26-17(22-10-14-21-9-13(24-14)12-4-3-6-19-8-12)25-18-23-11-16(28-18)27-15-5-1-2-7-20-15/h1-9,11H,10H2,(H,21,24)(H2,22,23,25,26). The van der Waals surface area contributed by atoms with E-state index in [-0.39, 0.29) is 12.6 Å². The second-order valence-electron chi connectivity index (χ2n) is 5.55. The van der Waals surface area contributed by atoms with Crippen LogP contribution in [0, 0.1) is 0 Å². The van der Waals surface area contributed by atoms with E-state index in [0.717, 1.165) is 20.5 Å². The molecule has 0 radical (unpaired) electrons. The molecule has 140 valence electrons. The van der Waals surface area contributed by atoms with E-state index < -0.39 is 0 Å². The lowest BCUT2D eigenvalue weighted by Gasteiger charge is -2.03. The topological polar surface area (TPSA) is 108 Å². The lowest BCUT2D eigenvalue weighted by molar-refractivity contribution is 0.251. The molecule has 4 heterocycles. The number of aromatic amines is 1. The van der Waals surface area contributed by atoms with Crippen molar-refractivity contribution in [2.45, 2.75) is 15.8 Å². The van der Waals surface area contributed by atoms with Crippen molar-refractivity contribution in [3.05, 3.63) is 67.1 Å². The highest BCUT2D eigenvalue weighted by Crippen LogP contribution is 2.32. The minimum Gasteiger partial charge on any atom is -0.340 e. The summed E-state index contributed by atoms with van der Waals surface area (Å²) < 4.78 is 0.946. The molecule has 0 atom stereocenters. The quantitative estimate of drug-likeness (QED) is 0.447. The van der Waals surface area contributed by atoms with Gasteiger partial charge in [0, 0.05) is 24.2 Å². The van der Waals surface area contributed by atoms with Crippen molar-refractivity contribution < 1.29 is 4.79 Å². The number of imidazole rings is 1. The number of aromatic nitrogens is 5. The van der Waals surface area contributed by atoms with Gasteiger partial charge in [0.1, 0.15) is 10.9 Å². The van der Waals surface area contributed by atoms with Crippen LogP contribution in [0.25, 0.3) is 11.3 Å². The van der Waals surface area contributed by atoms with Crippen LogP contribution in [-0.4, -0.2) is 31.0 Å². The van der Waals surface area contributed by atoms with Gasteiger partial charge in [0.15, 0.2) is 5.13 Å². The number of hydrogen-bond acceptors (Lipinski definition) is 7. The van der Waals surface area contributed by atoms with Crippen molar-refractivity contribution in [3.8, 4) is 11.3 Å². The molecule has 0 saturated heterocycles. The van der Waals surface area contributed by atoms with Crippen LogP contribution in [0.5, 0.6) is 0 Å². The molecule has 2 amide bonds. The molecule has 0 aliphatic heterocycles. The fourth-order valence-corrected chi connectivity index (χ4v) is 4.08. The van der Waals surface area contributed by atoms with E-state index in [1.807, 2.05) is 30.3 Å². The van der Waals surface area contributed by atoms with Gasteiger partial charge in [-0.15, -0.1) is 0 Å². The molecule has 8 nitrogen and oxygen atoms in total. The molecule has 0 fully saturated rings. The predicted octanol–water partition coefficient (Wildman–Crippen LogP) is 3.80. The Labute approximate surface area is 168 Å². The Balaban J connectivity index is 1.29. The zero-order valence-electron chi connectivity index (χ0n) is 14.5. The maximum absolute atomic E-state index is 12.1. The van der Waals surface area contributed by atoms with Crippen LogP contribution in [0.1, 0.15) is 5.82 Å². The molecule has 10 heteroatoms. The number of carbonyl (C=O) groups excluding carboxylic acids is 1. The average Bonchev–Trinajstić information content (AvgIpc) is 3.38. The molecular weight excluding hydrogens is 394 g/mol. The molecule has 0 unspecified atom stereocenters. The highest BCUT2D eigenvalue weighted by Gasteiger charge is 2.09. The van der Waals surface area contributed by atoms with E-state index in [4.69, 9.17) is 0 Å². The molecular formula is C18H15N7OS2. The number of urea groups is 1. The van der Waals surface area contributed by atoms with Gasteiger partial charge in [-0.05, 0) is 24.3 Å². The predicted molar refractivity (Wildman–Crippen MR) is 108 cm³/mol. The summed E-state index contributed by atoms with van der Waals surface area (Å²) >= 11 is 2.89. The van der Waals surface area contributed by atoms with Gasteiger partial charge in [0.2, 0.25) is 0 Å². The maximum atomic E-state index is 12.1. The van der Waals surface area contributed by atoms with Crippen LogP contribution < -0.4 is 10.6 Å². The molecule has 28 heavy (non-hydrogen) atoms. The Hall–Kier alpha value is -3.24. The zero-order valence-corrected chi connectivity index (χ0v) is 16.1. The molecule has 0 aliphatic rings. The first-order chi connectivity index (χ1) is 13.8. The number of thiazole rings is 1. The monoisotopic (exact) mass is 409 g/mol. The lowest BCUT2D eigenvalue weighted by atomic mass is 10.2. The smallest absolute Gasteiger partial charge is 0.321 e. The van der Waals surface area contributed by atoms with Gasteiger partial charge in [0.25, 0.3) is 0 Å². The van der Waals surface area contributed by atoms with Crippen LogP contribution >= 0.6 is 23.1 Å². The third-order valence-electron chi connectivity index (χ3n) is 3.57. The van der Waals surface area contributed by atoms with Gasteiger partial charge in [-0.3, -0.25) is 10.3 Å². The van der Waals surface area contributed by atoms with E-state index in [0.29, 0.717) is 11.0 Å². The second-order valence-corrected chi connectivity index (χ2v) is 7.90. The first kappa shape index (κ1) is 18.1. The molecule has 4 rings (SSSR count). The van der Waals surface area contributed by atoms with E-state index >= 15 is 0 Å². The molecule has 0 saturated carbocycles. The van der Waals surface area contributed by atoms with Crippen LogP contribution in [0.15, 0.2) is 70.6 Å². The van der Waals surface area contributed by atoms with Crippen LogP contribution in [0.2, 0.25) is 0 Å². The fourth-order valence-electron chi connectivity index (χ4n) is 2.30. The van der Waals surface area contributed by atoms with E-state index in [1.54, 1.807) is 31.0 Å². The second kappa shape index (κ2) is 8.63. The van der Waals surface area contributed by atoms with Crippen molar-refractivity contribution in [2.24, 2.45) is 0 Å². The molecule has 0 aromatic carbocycles. The van der Waals surface area contributed by atoms with Crippen LogP contribution in [0.3, 0.4) is 0 Å². The Bertz CT molecular complexity index is 1050. The number of H-pyrrole nitrogens is 1. The summed E-state index contributed by atoms with van der Waals surface area (Å²) in [5.74, 6) is 0.652. The van der Waals surface area contributed by atoms with Gasteiger partial charge < -0.3 is 10.3 Å². The van der Waals surface area contributed by atoms with Crippen molar-refractivity contribution in [2.75, 3.05) is 5.32 Å². The van der Waals surface area contributed by atoms with Gasteiger partial charge in [0.05, 0.1) is 28.8 Å². The Morgan fingerprint density at radius 1 is 1.07 bits per heavy atom. The lowest BCUT2D eigenvalue weighted by Crippen LogP contribution is -2.28. The van der Waals surface area contributed by atoms with Gasteiger partial charge in [-0.25, -0.2) is 19.7 Å². The summed E-state index contributed by atoms with van der Waals surface area (Å²) in [6.45, 7) is 0.271. The number of hydrogen-bond donors (Lipinski definition) is 3. The molecule has 0 aliphatic carbocycles. The number of nitrogens with zero attached hydrogens (tertiary/aromatic N) is 4. The van der Waals surface area contributed by atoms with Crippen molar-refractivity contribution in [3.63, 3.8) is 0 Å². The van der Waals surface area contributed by atoms with Gasteiger partial charge in [-0.2, -0.15) is 0 Å². The summed E-state index contributed by atoms with van der Waals surface area (Å²) in [6, 6.07) is 9.17. The number of carbonyl (C=O) groups is 1. The summed E-state index contributed by atoms with van der Waals surface area (Å²) in [6.07, 6.45) is 8.64. The summed E-state index contributed by atoms with van der Waals surface area (Å²) in [5.41, 5.74) is 1.79. The summed E-state index contributed by atoms with van der Waals surface area (Å²) in [4.78, 5) is 32.1. The molecule has 4 aromatic rings. The first-order valence-electron chi connectivity index (χ1n) is 8.30. The number of pyridine rings is 2. The fraction of sp³-hybridized carbons (Fsp3) is 0.0556. The largest absolute Gasteiger partial charge is 0.340 e. The highest BCUT2D eigenvalue weighted by molar-refractivity contribution is 8.01.